The van der Waals surface area contributed by atoms with Gasteiger partial charge in [0, 0.05) is 37.5 Å². The maximum Gasteiger partial charge on any atom is 0.0900 e. The van der Waals surface area contributed by atoms with Crippen molar-refractivity contribution in [1.29, 1.82) is 0 Å². The summed E-state index contributed by atoms with van der Waals surface area (Å²) in [5, 5.41) is 10.6. The molecule has 0 radical (unpaired) electrons. The molecule has 15 heavy (non-hydrogen) atoms. The molecule has 1 aromatic rings. The summed E-state index contributed by atoms with van der Waals surface area (Å²) in [6, 6.07) is 0. The lowest BCUT2D eigenvalue weighted by Gasteiger charge is -2.27. The first-order chi connectivity index (χ1) is 7.19. The summed E-state index contributed by atoms with van der Waals surface area (Å²) in [6.07, 6.45) is 0.595. The number of hydrogen-bond donors (Lipinski definition) is 2. The van der Waals surface area contributed by atoms with Crippen LogP contribution in [-0.4, -0.2) is 40.7 Å². The van der Waals surface area contributed by atoms with Gasteiger partial charge in [-0.15, -0.1) is 11.3 Å². The number of nitrogens with two attached hydrogens (primary N) is 1. The predicted octanol–water partition coefficient (Wildman–Crippen LogP) is 0.129. The normalized spacial score (nSPS) is 18.9. The SMILES string of the molecule is Cc1nc2c(s1)CN(CC(O)CN)CC2. The lowest BCUT2D eigenvalue weighted by atomic mass is 10.1. The molecule has 0 spiro atoms. The van der Waals surface area contributed by atoms with Crippen LogP contribution >= 0.6 is 11.3 Å². The summed E-state index contributed by atoms with van der Waals surface area (Å²) in [7, 11) is 0. The second kappa shape index (κ2) is 4.57. The van der Waals surface area contributed by atoms with Gasteiger partial charge in [0.15, 0.2) is 0 Å². The Morgan fingerprint density at radius 2 is 2.47 bits per heavy atom. The molecule has 0 aromatic carbocycles. The summed E-state index contributed by atoms with van der Waals surface area (Å²) in [4.78, 5) is 8.09. The average Bonchev–Trinajstić information content (AvgIpc) is 2.57. The molecular formula is C10H17N3OS. The number of aryl methyl sites for hydroxylation is 1. The molecule has 4 nitrogen and oxygen atoms in total. The second-order valence-electron chi connectivity index (χ2n) is 3.98. The minimum absolute atomic E-state index is 0.338. The van der Waals surface area contributed by atoms with Gasteiger partial charge in [0.05, 0.1) is 16.8 Å². The van der Waals surface area contributed by atoms with Crippen molar-refractivity contribution < 1.29 is 5.11 Å². The van der Waals surface area contributed by atoms with E-state index < -0.39 is 6.10 Å². The molecular weight excluding hydrogens is 210 g/mol. The Morgan fingerprint density at radius 1 is 1.67 bits per heavy atom. The van der Waals surface area contributed by atoms with E-state index in [4.69, 9.17) is 5.73 Å². The standard InChI is InChI=1S/C10H17N3OS/c1-7-12-9-2-3-13(5-8(14)4-11)6-10(9)15-7/h8,14H,2-6,11H2,1H3. The average molecular weight is 227 g/mol. The number of nitrogens with zero attached hydrogens (tertiary/aromatic N) is 2. The number of aromatic nitrogens is 1. The number of fused-ring (bicyclic) bond motifs is 1. The Labute approximate surface area is 93.7 Å². The minimum Gasteiger partial charge on any atom is -0.390 e. The van der Waals surface area contributed by atoms with Gasteiger partial charge in [-0.3, -0.25) is 4.90 Å². The molecule has 0 fully saturated rings. The topological polar surface area (TPSA) is 62.4 Å². The Morgan fingerprint density at radius 3 is 3.20 bits per heavy atom. The van der Waals surface area contributed by atoms with Crippen molar-refractivity contribution in [3.05, 3.63) is 15.6 Å². The van der Waals surface area contributed by atoms with Crippen LogP contribution in [0.1, 0.15) is 15.6 Å². The molecule has 0 saturated carbocycles. The van der Waals surface area contributed by atoms with Crippen LogP contribution in [0.5, 0.6) is 0 Å². The number of aliphatic hydroxyl groups is 1. The first-order valence-electron chi connectivity index (χ1n) is 5.24. The Hall–Kier alpha value is -0.490. The van der Waals surface area contributed by atoms with Gasteiger partial charge in [0.25, 0.3) is 0 Å². The number of β-amino-alcohol motifs (C(OH)–C–C–N with tert-alkyl or cyclic N) is 1. The lowest BCUT2D eigenvalue weighted by molar-refractivity contribution is 0.112. The van der Waals surface area contributed by atoms with Gasteiger partial charge in [0.1, 0.15) is 0 Å². The van der Waals surface area contributed by atoms with Crippen molar-refractivity contribution >= 4 is 11.3 Å². The highest BCUT2D eigenvalue weighted by atomic mass is 32.1. The molecule has 1 unspecified atom stereocenters. The second-order valence-corrected chi connectivity index (χ2v) is 5.27. The van der Waals surface area contributed by atoms with Crippen LogP contribution in [0.25, 0.3) is 0 Å². The van der Waals surface area contributed by atoms with Gasteiger partial charge in [0.2, 0.25) is 0 Å². The molecule has 84 valence electrons. The minimum atomic E-state index is -0.402. The molecule has 0 bridgehead atoms. The first-order valence-corrected chi connectivity index (χ1v) is 6.06. The zero-order chi connectivity index (χ0) is 10.8. The highest BCUT2D eigenvalue weighted by Gasteiger charge is 2.20. The van der Waals surface area contributed by atoms with Gasteiger partial charge in [-0.05, 0) is 6.92 Å². The van der Waals surface area contributed by atoms with Crippen LogP contribution in [0.2, 0.25) is 0 Å². The highest BCUT2D eigenvalue weighted by Crippen LogP contribution is 2.24. The summed E-state index contributed by atoms with van der Waals surface area (Å²) in [5.74, 6) is 0. The molecule has 0 aliphatic carbocycles. The van der Waals surface area contributed by atoms with Crippen molar-refractivity contribution in [2.75, 3.05) is 19.6 Å². The quantitative estimate of drug-likeness (QED) is 0.770. The van der Waals surface area contributed by atoms with Crippen LogP contribution < -0.4 is 5.73 Å². The Bertz CT molecular complexity index is 339. The van der Waals surface area contributed by atoms with E-state index in [-0.39, 0.29) is 0 Å². The smallest absolute Gasteiger partial charge is 0.0900 e. The molecule has 5 heteroatoms. The van der Waals surface area contributed by atoms with Crippen LogP contribution in [-0.2, 0) is 13.0 Å². The summed E-state index contributed by atoms with van der Waals surface area (Å²) in [6.45, 7) is 4.95. The number of aliphatic hydroxyl groups excluding tert-OH is 1. The molecule has 0 amide bonds. The molecule has 3 N–H and O–H groups in total. The molecule has 1 aliphatic rings. The van der Waals surface area contributed by atoms with Crippen molar-refractivity contribution in [3.8, 4) is 0 Å². The van der Waals surface area contributed by atoms with Gasteiger partial charge < -0.3 is 10.8 Å². The van der Waals surface area contributed by atoms with Crippen LogP contribution in [0.3, 0.4) is 0 Å². The molecule has 2 rings (SSSR count). The van der Waals surface area contributed by atoms with Gasteiger partial charge in [-0.25, -0.2) is 4.98 Å². The zero-order valence-corrected chi connectivity index (χ0v) is 9.76. The van der Waals surface area contributed by atoms with E-state index in [0.717, 1.165) is 24.5 Å². The van der Waals surface area contributed by atoms with Crippen LogP contribution in [0.15, 0.2) is 0 Å². The van der Waals surface area contributed by atoms with E-state index in [1.165, 1.54) is 10.6 Å². The molecule has 2 heterocycles. The molecule has 1 aliphatic heterocycles. The maximum absolute atomic E-state index is 9.48. The van der Waals surface area contributed by atoms with Crippen LogP contribution in [0, 0.1) is 6.92 Å². The predicted molar refractivity (Wildman–Crippen MR) is 60.9 cm³/mol. The van der Waals surface area contributed by atoms with E-state index >= 15 is 0 Å². The number of rotatable bonds is 3. The van der Waals surface area contributed by atoms with Crippen molar-refractivity contribution in [1.82, 2.24) is 9.88 Å². The van der Waals surface area contributed by atoms with E-state index in [9.17, 15) is 5.11 Å². The van der Waals surface area contributed by atoms with E-state index in [1.807, 2.05) is 6.92 Å². The number of thiazole rings is 1. The summed E-state index contributed by atoms with van der Waals surface area (Å²) in [5.41, 5.74) is 6.65. The molecule has 1 atom stereocenters. The third-order valence-electron chi connectivity index (χ3n) is 2.66. The summed E-state index contributed by atoms with van der Waals surface area (Å²) < 4.78 is 0. The fourth-order valence-electron chi connectivity index (χ4n) is 1.91. The summed E-state index contributed by atoms with van der Waals surface area (Å²) >= 11 is 1.76. The fraction of sp³-hybridized carbons (Fsp3) is 0.700. The van der Waals surface area contributed by atoms with E-state index in [2.05, 4.69) is 9.88 Å². The zero-order valence-electron chi connectivity index (χ0n) is 8.94. The van der Waals surface area contributed by atoms with Gasteiger partial charge >= 0.3 is 0 Å². The van der Waals surface area contributed by atoms with Crippen LogP contribution in [0.4, 0.5) is 0 Å². The first kappa shape index (κ1) is 11.0. The van der Waals surface area contributed by atoms with Gasteiger partial charge in [-0.2, -0.15) is 0 Å². The lowest BCUT2D eigenvalue weighted by Crippen LogP contribution is -2.39. The van der Waals surface area contributed by atoms with Gasteiger partial charge in [-0.1, -0.05) is 0 Å². The Kier molecular flexibility index (Phi) is 3.35. The van der Waals surface area contributed by atoms with E-state index in [0.29, 0.717) is 13.1 Å². The molecule has 1 aromatic heterocycles. The Balaban J connectivity index is 1.99. The number of hydrogen-bond acceptors (Lipinski definition) is 5. The largest absolute Gasteiger partial charge is 0.390 e. The monoisotopic (exact) mass is 227 g/mol. The van der Waals surface area contributed by atoms with E-state index in [1.54, 1.807) is 11.3 Å². The third kappa shape index (κ3) is 2.55. The molecule has 0 saturated heterocycles. The highest BCUT2D eigenvalue weighted by molar-refractivity contribution is 7.11. The third-order valence-corrected chi connectivity index (χ3v) is 3.66. The van der Waals surface area contributed by atoms with Crippen molar-refractivity contribution in [3.63, 3.8) is 0 Å². The maximum atomic E-state index is 9.48. The van der Waals surface area contributed by atoms with Crippen molar-refractivity contribution in [2.24, 2.45) is 5.73 Å². The van der Waals surface area contributed by atoms with Crippen molar-refractivity contribution in [2.45, 2.75) is 26.0 Å². The fourth-order valence-corrected chi connectivity index (χ4v) is 2.93.